The van der Waals surface area contributed by atoms with Crippen LogP contribution in [0.5, 0.6) is 0 Å². The predicted molar refractivity (Wildman–Crippen MR) is 77.3 cm³/mol. The third-order valence-electron chi connectivity index (χ3n) is 3.52. The van der Waals surface area contributed by atoms with Crippen LogP contribution in [0.15, 0.2) is 42.1 Å². The van der Waals surface area contributed by atoms with Crippen molar-refractivity contribution < 1.29 is 19.7 Å². The highest BCUT2D eigenvalue weighted by atomic mass is 16.6. The lowest BCUT2D eigenvalue weighted by molar-refractivity contribution is -0.573. The van der Waals surface area contributed by atoms with E-state index in [9.17, 15) is 40.5 Å². The summed E-state index contributed by atoms with van der Waals surface area (Å²) in [6.45, 7) is 0. The fraction of sp³-hybridized carbons (Fsp3) is 0.167. The Morgan fingerprint density at radius 3 is 1.83 bits per heavy atom. The van der Waals surface area contributed by atoms with Gasteiger partial charge in [-0.05, 0) is 12.1 Å². The van der Waals surface area contributed by atoms with Crippen LogP contribution in [0.3, 0.4) is 0 Å². The molecule has 0 radical (unpaired) electrons. The van der Waals surface area contributed by atoms with Crippen LogP contribution >= 0.6 is 0 Å². The van der Waals surface area contributed by atoms with Gasteiger partial charge in [-0.15, -0.1) is 0 Å². The smallest absolute Gasteiger partial charge is 0.263 e. The Morgan fingerprint density at radius 2 is 1.42 bits per heavy atom. The molecule has 0 heterocycles. The van der Waals surface area contributed by atoms with E-state index in [1.54, 1.807) is 0 Å². The molecular formula is C12H8N4O8. The minimum absolute atomic E-state index is 0.582. The number of rotatable bonds is 5. The van der Waals surface area contributed by atoms with E-state index in [4.69, 9.17) is 0 Å². The first kappa shape index (κ1) is 16.7. The van der Waals surface area contributed by atoms with Crippen LogP contribution in [0.1, 0.15) is 12.0 Å². The highest BCUT2D eigenvalue weighted by Crippen LogP contribution is 2.45. The number of nitro groups is 4. The molecule has 0 amide bonds. The van der Waals surface area contributed by atoms with Gasteiger partial charge in [0, 0.05) is 23.1 Å². The third kappa shape index (κ3) is 2.55. The second-order valence-electron chi connectivity index (χ2n) is 4.82. The lowest BCUT2D eigenvalue weighted by Gasteiger charge is -2.22. The Labute approximate surface area is 132 Å². The van der Waals surface area contributed by atoms with E-state index in [-0.39, 0.29) is 0 Å². The van der Waals surface area contributed by atoms with Crippen LogP contribution in [0.2, 0.25) is 0 Å². The fourth-order valence-corrected chi connectivity index (χ4v) is 2.50. The van der Waals surface area contributed by atoms with Gasteiger partial charge in [0.1, 0.15) is 6.42 Å². The van der Waals surface area contributed by atoms with Crippen molar-refractivity contribution in [3.63, 3.8) is 0 Å². The van der Waals surface area contributed by atoms with Crippen LogP contribution in [0.4, 0.5) is 11.4 Å². The van der Waals surface area contributed by atoms with Crippen LogP contribution in [-0.4, -0.2) is 19.7 Å². The van der Waals surface area contributed by atoms with Gasteiger partial charge >= 0.3 is 0 Å². The van der Waals surface area contributed by atoms with Crippen molar-refractivity contribution >= 4 is 11.4 Å². The Kier molecular flexibility index (Phi) is 4.05. The molecule has 0 N–H and O–H groups in total. The van der Waals surface area contributed by atoms with Crippen molar-refractivity contribution in [1.29, 1.82) is 0 Å². The molecule has 0 saturated carbocycles. The molecular weight excluding hydrogens is 328 g/mol. The lowest BCUT2D eigenvalue weighted by atomic mass is 9.81. The minimum atomic E-state index is -2.48. The molecule has 1 aromatic rings. The maximum atomic E-state index is 11.7. The van der Waals surface area contributed by atoms with Gasteiger partial charge in [0.25, 0.3) is 22.6 Å². The summed E-state index contributed by atoms with van der Waals surface area (Å²) in [6.07, 6.45) is 2.03. The molecule has 1 atom stereocenters. The maximum Gasteiger partial charge on any atom is 0.289 e. The Bertz CT molecular complexity index is 798. The fourth-order valence-electron chi connectivity index (χ4n) is 2.50. The monoisotopic (exact) mass is 336 g/mol. The summed E-state index contributed by atoms with van der Waals surface area (Å²) in [5.41, 5.74) is -5.57. The standard InChI is InChI=1S/C12H8N4O8/c17-13(18)8-3-2-6-12(7-8,16(23)24)11-9(14(19)20)4-1-5-10(11)15(21)22/h1-6H,7H2. The molecule has 24 heavy (non-hydrogen) atoms. The van der Waals surface area contributed by atoms with Crippen molar-refractivity contribution in [2.24, 2.45) is 0 Å². The summed E-state index contributed by atoms with van der Waals surface area (Å²) in [7, 11) is 0. The number of allylic oxidation sites excluding steroid dienone is 2. The first-order chi connectivity index (χ1) is 11.2. The Morgan fingerprint density at radius 1 is 0.875 bits per heavy atom. The topological polar surface area (TPSA) is 173 Å². The Balaban J connectivity index is 2.84. The van der Waals surface area contributed by atoms with Crippen molar-refractivity contribution in [2.75, 3.05) is 0 Å². The minimum Gasteiger partial charge on any atom is -0.263 e. The van der Waals surface area contributed by atoms with Crippen LogP contribution < -0.4 is 0 Å². The van der Waals surface area contributed by atoms with Gasteiger partial charge in [0.15, 0.2) is 5.56 Å². The largest absolute Gasteiger partial charge is 0.289 e. The predicted octanol–water partition coefficient (Wildman–Crippen LogP) is 2.10. The van der Waals surface area contributed by atoms with Crippen molar-refractivity contribution in [3.05, 3.63) is 88.1 Å². The van der Waals surface area contributed by atoms with Crippen molar-refractivity contribution in [2.45, 2.75) is 12.0 Å². The summed E-state index contributed by atoms with van der Waals surface area (Å²) < 4.78 is 0. The summed E-state index contributed by atoms with van der Waals surface area (Å²) >= 11 is 0. The zero-order chi connectivity index (χ0) is 18.1. The normalized spacial score (nSPS) is 19.4. The summed E-state index contributed by atoms with van der Waals surface area (Å²) in [4.78, 5) is 41.2. The Hall–Kier alpha value is -3.70. The van der Waals surface area contributed by atoms with Crippen molar-refractivity contribution in [1.82, 2.24) is 0 Å². The van der Waals surface area contributed by atoms with E-state index < -0.39 is 54.3 Å². The number of benzene rings is 1. The first-order valence-electron chi connectivity index (χ1n) is 6.30. The first-order valence-corrected chi connectivity index (χ1v) is 6.30. The number of hydrogen-bond acceptors (Lipinski definition) is 8. The average molecular weight is 336 g/mol. The molecule has 12 nitrogen and oxygen atoms in total. The molecule has 1 unspecified atom stereocenters. The molecule has 0 bridgehead atoms. The molecule has 0 saturated heterocycles. The van der Waals surface area contributed by atoms with Crippen LogP contribution in [0.25, 0.3) is 0 Å². The summed E-state index contributed by atoms with van der Waals surface area (Å²) in [5, 5.41) is 45.0. The number of hydrogen-bond donors (Lipinski definition) is 0. The molecule has 0 aliphatic heterocycles. The molecule has 2 rings (SSSR count). The molecule has 1 aromatic carbocycles. The lowest BCUT2D eigenvalue weighted by Crippen LogP contribution is -2.37. The van der Waals surface area contributed by atoms with E-state index in [0.717, 1.165) is 36.4 Å². The SMILES string of the molecule is O=[N+]([O-])C1=CC=CC(c2c([N+](=O)[O-])cccc2[N+](=O)[O-])([N+](=O)[O-])C1. The summed E-state index contributed by atoms with van der Waals surface area (Å²) in [5.74, 6) is 0. The van der Waals surface area contributed by atoms with Crippen LogP contribution in [0, 0.1) is 40.5 Å². The van der Waals surface area contributed by atoms with E-state index in [1.807, 2.05) is 0 Å². The van der Waals surface area contributed by atoms with Gasteiger partial charge in [-0.3, -0.25) is 40.5 Å². The van der Waals surface area contributed by atoms with Gasteiger partial charge in [-0.2, -0.15) is 0 Å². The van der Waals surface area contributed by atoms with E-state index in [1.165, 1.54) is 0 Å². The maximum absolute atomic E-state index is 11.7. The number of nitrogens with zero attached hydrogens (tertiary/aromatic N) is 4. The summed E-state index contributed by atoms with van der Waals surface area (Å²) in [6, 6.07) is 2.78. The van der Waals surface area contributed by atoms with Gasteiger partial charge < -0.3 is 0 Å². The molecule has 12 heteroatoms. The second kappa shape index (κ2) is 5.83. The molecule has 0 aromatic heterocycles. The third-order valence-corrected chi connectivity index (χ3v) is 3.52. The highest BCUT2D eigenvalue weighted by molar-refractivity contribution is 5.59. The number of nitro benzene ring substituents is 2. The molecule has 1 aliphatic carbocycles. The van der Waals surface area contributed by atoms with E-state index >= 15 is 0 Å². The van der Waals surface area contributed by atoms with Gasteiger partial charge in [-0.25, -0.2) is 0 Å². The van der Waals surface area contributed by atoms with Crippen LogP contribution in [-0.2, 0) is 5.54 Å². The zero-order valence-electron chi connectivity index (χ0n) is 11.7. The quantitative estimate of drug-likeness (QED) is 0.580. The average Bonchev–Trinajstić information content (AvgIpc) is 2.53. The highest BCUT2D eigenvalue weighted by Gasteiger charge is 2.55. The zero-order valence-corrected chi connectivity index (χ0v) is 11.7. The van der Waals surface area contributed by atoms with Crippen molar-refractivity contribution in [3.8, 4) is 0 Å². The second-order valence-corrected chi connectivity index (χ2v) is 4.82. The van der Waals surface area contributed by atoms with E-state index in [2.05, 4.69) is 0 Å². The molecule has 1 aliphatic rings. The van der Waals surface area contributed by atoms with Gasteiger partial charge in [0.05, 0.1) is 14.8 Å². The molecule has 124 valence electrons. The molecule has 0 fully saturated rings. The van der Waals surface area contributed by atoms with Gasteiger partial charge in [0.2, 0.25) is 0 Å². The van der Waals surface area contributed by atoms with Gasteiger partial charge in [-0.1, -0.05) is 6.08 Å². The van der Waals surface area contributed by atoms with E-state index in [0.29, 0.717) is 0 Å². The molecule has 0 spiro atoms.